The predicted molar refractivity (Wildman–Crippen MR) is 99.8 cm³/mol. The molecule has 0 aliphatic carbocycles. The van der Waals surface area contributed by atoms with Crippen LogP contribution in [0, 0.1) is 5.82 Å². The van der Waals surface area contributed by atoms with Crippen molar-refractivity contribution in [2.45, 2.75) is 12.8 Å². The average Bonchev–Trinajstić information content (AvgIpc) is 3.36. The van der Waals surface area contributed by atoms with E-state index < -0.39 is 11.7 Å². The van der Waals surface area contributed by atoms with Crippen molar-refractivity contribution in [3.05, 3.63) is 60.2 Å². The number of rotatable bonds is 5. The average molecular weight is 367 g/mol. The summed E-state index contributed by atoms with van der Waals surface area (Å²) in [5.41, 5.74) is 1.95. The van der Waals surface area contributed by atoms with Crippen molar-refractivity contribution in [1.82, 2.24) is 10.2 Å². The number of nitrogens with zero attached hydrogens (tertiary/aromatic N) is 3. The van der Waals surface area contributed by atoms with Crippen LogP contribution in [-0.4, -0.2) is 29.2 Å². The maximum absolute atomic E-state index is 13.6. The van der Waals surface area contributed by atoms with Crippen LogP contribution < -0.4 is 15.5 Å². The molecule has 0 spiro atoms. The summed E-state index contributed by atoms with van der Waals surface area (Å²) in [6.45, 7) is 2.12. The van der Waals surface area contributed by atoms with Gasteiger partial charge in [-0.05, 0) is 49.2 Å². The summed E-state index contributed by atoms with van der Waals surface area (Å²) in [6.07, 6.45) is 2.41. The lowest BCUT2D eigenvalue weighted by Gasteiger charge is -2.17. The molecule has 27 heavy (non-hydrogen) atoms. The van der Waals surface area contributed by atoms with Crippen LogP contribution in [0.5, 0.6) is 0 Å². The van der Waals surface area contributed by atoms with E-state index in [0.29, 0.717) is 5.69 Å². The fourth-order valence-corrected chi connectivity index (χ4v) is 2.96. The van der Waals surface area contributed by atoms with Crippen molar-refractivity contribution in [3.63, 3.8) is 0 Å². The van der Waals surface area contributed by atoms with Gasteiger partial charge in [-0.25, -0.2) is 4.39 Å². The van der Waals surface area contributed by atoms with E-state index in [4.69, 9.17) is 4.42 Å². The van der Waals surface area contributed by atoms with Crippen molar-refractivity contribution in [3.8, 4) is 0 Å². The van der Waals surface area contributed by atoms with Gasteiger partial charge in [-0.3, -0.25) is 4.79 Å². The summed E-state index contributed by atoms with van der Waals surface area (Å²) < 4.78 is 18.9. The van der Waals surface area contributed by atoms with Crippen LogP contribution in [0.15, 0.2) is 52.9 Å². The Morgan fingerprint density at radius 2 is 1.78 bits per heavy atom. The van der Waals surface area contributed by atoms with Gasteiger partial charge in [0.15, 0.2) is 0 Å². The number of hydrogen-bond acceptors (Lipinski definition) is 6. The topological polar surface area (TPSA) is 83.3 Å². The highest BCUT2D eigenvalue weighted by Gasteiger charge is 2.17. The molecular formula is C19H18FN5O2. The van der Waals surface area contributed by atoms with Crippen LogP contribution in [0.1, 0.15) is 23.5 Å². The molecule has 3 aromatic rings. The van der Waals surface area contributed by atoms with Gasteiger partial charge in [0.25, 0.3) is 0 Å². The standard InChI is InChI=1S/C19H18FN5O2/c20-15-5-1-2-6-16(15)22-19-24-23-18(27-19)17(26)21-13-7-9-14(10-8-13)25-11-3-4-12-25/h1-2,5-10H,3-4,11-12H2,(H,21,26)(H,22,24). The summed E-state index contributed by atoms with van der Waals surface area (Å²) in [7, 11) is 0. The summed E-state index contributed by atoms with van der Waals surface area (Å²) in [5, 5.41) is 12.8. The molecule has 2 N–H and O–H groups in total. The fourth-order valence-electron chi connectivity index (χ4n) is 2.96. The SMILES string of the molecule is O=C(Nc1ccc(N2CCCC2)cc1)c1nnc(Nc2ccccc2F)o1. The maximum atomic E-state index is 13.6. The van der Waals surface area contributed by atoms with Crippen molar-refractivity contribution < 1.29 is 13.6 Å². The quantitative estimate of drug-likeness (QED) is 0.714. The minimum absolute atomic E-state index is 0.0605. The van der Waals surface area contributed by atoms with E-state index in [9.17, 15) is 9.18 Å². The van der Waals surface area contributed by atoms with Crippen LogP contribution in [0.25, 0.3) is 0 Å². The number of para-hydroxylation sites is 1. The zero-order chi connectivity index (χ0) is 18.6. The third kappa shape index (κ3) is 3.89. The second-order valence-corrected chi connectivity index (χ2v) is 6.21. The van der Waals surface area contributed by atoms with Crippen molar-refractivity contribution in [2.75, 3.05) is 28.6 Å². The van der Waals surface area contributed by atoms with Gasteiger partial charge < -0.3 is 20.0 Å². The van der Waals surface area contributed by atoms with Crippen LogP contribution in [0.3, 0.4) is 0 Å². The fraction of sp³-hybridized carbons (Fsp3) is 0.211. The van der Waals surface area contributed by atoms with Gasteiger partial charge in [0.05, 0.1) is 5.69 Å². The minimum atomic E-state index is -0.530. The monoisotopic (exact) mass is 367 g/mol. The first-order chi connectivity index (χ1) is 13.2. The first-order valence-corrected chi connectivity index (χ1v) is 8.70. The second kappa shape index (κ2) is 7.45. The van der Waals surface area contributed by atoms with E-state index in [0.717, 1.165) is 18.8 Å². The highest BCUT2D eigenvalue weighted by atomic mass is 19.1. The zero-order valence-corrected chi connectivity index (χ0v) is 14.5. The summed E-state index contributed by atoms with van der Waals surface area (Å²) in [4.78, 5) is 14.6. The maximum Gasteiger partial charge on any atom is 0.320 e. The van der Waals surface area contributed by atoms with E-state index in [-0.39, 0.29) is 17.6 Å². The van der Waals surface area contributed by atoms with Gasteiger partial charge >= 0.3 is 17.8 Å². The lowest BCUT2D eigenvalue weighted by molar-refractivity contribution is 0.0991. The molecule has 2 aromatic carbocycles. The molecule has 1 aliphatic heterocycles. The summed E-state index contributed by atoms with van der Waals surface area (Å²) in [6, 6.07) is 13.6. The number of carbonyl (C=O) groups excluding carboxylic acids is 1. The molecule has 0 saturated carbocycles. The molecule has 0 radical (unpaired) electrons. The highest BCUT2D eigenvalue weighted by molar-refractivity contribution is 6.01. The lowest BCUT2D eigenvalue weighted by atomic mass is 10.2. The normalized spacial score (nSPS) is 13.6. The lowest BCUT2D eigenvalue weighted by Crippen LogP contribution is -2.17. The minimum Gasteiger partial charge on any atom is -0.399 e. The van der Waals surface area contributed by atoms with Crippen LogP contribution >= 0.6 is 0 Å². The molecule has 1 aromatic heterocycles. The molecule has 2 heterocycles. The Bertz CT molecular complexity index is 935. The number of anilines is 4. The Morgan fingerprint density at radius 1 is 1.04 bits per heavy atom. The van der Waals surface area contributed by atoms with Gasteiger partial charge in [-0.15, -0.1) is 5.10 Å². The number of carbonyl (C=O) groups is 1. The molecule has 1 aliphatic rings. The zero-order valence-electron chi connectivity index (χ0n) is 14.5. The van der Waals surface area contributed by atoms with E-state index in [1.165, 1.54) is 25.0 Å². The molecule has 8 heteroatoms. The van der Waals surface area contributed by atoms with E-state index in [1.807, 2.05) is 24.3 Å². The molecule has 7 nitrogen and oxygen atoms in total. The first-order valence-electron chi connectivity index (χ1n) is 8.70. The highest BCUT2D eigenvalue weighted by Crippen LogP contribution is 2.23. The molecule has 0 atom stereocenters. The first kappa shape index (κ1) is 17.0. The van der Waals surface area contributed by atoms with E-state index >= 15 is 0 Å². The van der Waals surface area contributed by atoms with Gasteiger partial charge in [-0.1, -0.05) is 17.2 Å². The Morgan fingerprint density at radius 3 is 2.52 bits per heavy atom. The number of benzene rings is 2. The molecule has 1 fully saturated rings. The van der Waals surface area contributed by atoms with Crippen LogP contribution in [-0.2, 0) is 0 Å². The number of aromatic nitrogens is 2. The Labute approximate surface area is 155 Å². The number of nitrogens with one attached hydrogen (secondary N) is 2. The molecular weight excluding hydrogens is 349 g/mol. The summed E-state index contributed by atoms with van der Waals surface area (Å²) >= 11 is 0. The molecule has 1 amide bonds. The number of amides is 1. The van der Waals surface area contributed by atoms with Gasteiger partial charge in [0, 0.05) is 24.5 Å². The summed E-state index contributed by atoms with van der Waals surface area (Å²) in [5.74, 6) is -1.20. The Kier molecular flexibility index (Phi) is 4.69. The predicted octanol–water partition coefficient (Wildman–Crippen LogP) is 3.80. The van der Waals surface area contributed by atoms with Crippen molar-refractivity contribution in [2.24, 2.45) is 0 Å². The Hall–Kier alpha value is -3.42. The molecule has 4 rings (SSSR count). The molecule has 138 valence electrons. The second-order valence-electron chi connectivity index (χ2n) is 6.21. The third-order valence-corrected chi connectivity index (χ3v) is 4.33. The number of halogens is 1. The smallest absolute Gasteiger partial charge is 0.320 e. The number of hydrogen-bond donors (Lipinski definition) is 2. The van der Waals surface area contributed by atoms with Crippen molar-refractivity contribution in [1.29, 1.82) is 0 Å². The van der Waals surface area contributed by atoms with E-state index in [1.54, 1.807) is 12.1 Å². The van der Waals surface area contributed by atoms with Crippen LogP contribution in [0.2, 0.25) is 0 Å². The van der Waals surface area contributed by atoms with Crippen molar-refractivity contribution >= 4 is 29.0 Å². The van der Waals surface area contributed by atoms with E-state index in [2.05, 4.69) is 25.7 Å². The third-order valence-electron chi connectivity index (χ3n) is 4.33. The molecule has 1 saturated heterocycles. The van der Waals surface area contributed by atoms with Gasteiger partial charge in [0.2, 0.25) is 0 Å². The molecule has 0 unspecified atom stereocenters. The van der Waals surface area contributed by atoms with Gasteiger partial charge in [-0.2, -0.15) is 0 Å². The van der Waals surface area contributed by atoms with Crippen LogP contribution in [0.4, 0.5) is 27.5 Å². The van der Waals surface area contributed by atoms with Gasteiger partial charge in [0.1, 0.15) is 5.82 Å². The Balaban J connectivity index is 1.40. The molecule has 0 bridgehead atoms. The largest absolute Gasteiger partial charge is 0.399 e.